The van der Waals surface area contributed by atoms with Gasteiger partial charge in [-0.25, -0.2) is 0 Å². The van der Waals surface area contributed by atoms with E-state index in [0.29, 0.717) is 11.5 Å². The van der Waals surface area contributed by atoms with E-state index in [2.05, 4.69) is 67.7 Å². The molecule has 0 fully saturated rings. The summed E-state index contributed by atoms with van der Waals surface area (Å²) in [5, 5.41) is 5.22. The molecule has 0 saturated heterocycles. The molecule has 5 nitrogen and oxygen atoms in total. The molecule has 2 rings (SSSR count). The SMILES string of the molecule is CC(C)(C)[Si](C)(C)Oc1ccc(OOOc2ccc(O[Si](C)(C)C(C)(C)C)cc2)cc1. The van der Waals surface area contributed by atoms with Crippen LogP contribution in [0.1, 0.15) is 41.5 Å². The van der Waals surface area contributed by atoms with Gasteiger partial charge in [-0.05, 0) is 84.8 Å². The summed E-state index contributed by atoms with van der Waals surface area (Å²) in [5.74, 6) is 2.72. The Morgan fingerprint density at radius 1 is 0.484 bits per heavy atom. The van der Waals surface area contributed by atoms with Crippen molar-refractivity contribution in [3.63, 3.8) is 0 Å². The minimum Gasteiger partial charge on any atom is -0.543 e. The molecule has 172 valence electrons. The van der Waals surface area contributed by atoms with E-state index in [1.54, 1.807) is 24.3 Å². The maximum atomic E-state index is 6.26. The third-order valence-corrected chi connectivity index (χ3v) is 15.0. The summed E-state index contributed by atoms with van der Waals surface area (Å²) in [7, 11) is -3.74. The topological polar surface area (TPSA) is 46.2 Å². The van der Waals surface area contributed by atoms with E-state index in [1.807, 2.05) is 24.3 Å². The van der Waals surface area contributed by atoms with E-state index >= 15 is 0 Å². The Morgan fingerprint density at radius 3 is 1.00 bits per heavy atom. The molecule has 2 aromatic carbocycles. The zero-order valence-corrected chi connectivity index (χ0v) is 22.7. The number of hydrogen-bond acceptors (Lipinski definition) is 5. The van der Waals surface area contributed by atoms with Crippen LogP contribution in [0.25, 0.3) is 0 Å². The smallest absolute Gasteiger partial charge is 0.250 e. The summed E-state index contributed by atoms with van der Waals surface area (Å²) < 4.78 is 12.5. The second kappa shape index (κ2) is 9.26. The van der Waals surface area contributed by atoms with E-state index in [0.717, 1.165) is 11.5 Å². The van der Waals surface area contributed by atoms with Gasteiger partial charge in [-0.3, -0.25) is 9.78 Å². The molecule has 0 bridgehead atoms. The Labute approximate surface area is 189 Å². The van der Waals surface area contributed by atoms with E-state index in [1.165, 1.54) is 0 Å². The molecule has 0 amide bonds. The molecule has 0 spiro atoms. The van der Waals surface area contributed by atoms with Crippen molar-refractivity contribution in [2.24, 2.45) is 0 Å². The molecule has 2 aromatic rings. The molecule has 0 aromatic heterocycles. The highest BCUT2D eigenvalue weighted by Gasteiger charge is 2.39. The van der Waals surface area contributed by atoms with Gasteiger partial charge in [0, 0.05) is 5.04 Å². The lowest BCUT2D eigenvalue weighted by Gasteiger charge is -2.36. The van der Waals surface area contributed by atoms with E-state index < -0.39 is 16.6 Å². The lowest BCUT2D eigenvalue weighted by Crippen LogP contribution is -2.43. The fourth-order valence-electron chi connectivity index (χ4n) is 2.12. The van der Waals surface area contributed by atoms with E-state index in [4.69, 9.17) is 23.7 Å². The van der Waals surface area contributed by atoms with Crippen LogP contribution in [0.2, 0.25) is 36.3 Å². The van der Waals surface area contributed by atoms with Crippen molar-refractivity contribution >= 4 is 16.6 Å². The highest BCUT2D eigenvalue weighted by molar-refractivity contribution is 6.75. The van der Waals surface area contributed by atoms with Crippen LogP contribution in [-0.4, -0.2) is 16.6 Å². The van der Waals surface area contributed by atoms with Gasteiger partial charge in [0.2, 0.25) is 16.6 Å². The van der Waals surface area contributed by atoms with Crippen molar-refractivity contribution in [3.05, 3.63) is 48.5 Å². The standard InChI is InChI=1S/C24H38O5Si2/c1-23(2,3)30(7,8)27-21-15-11-19(12-16-21)25-29-26-20-13-17-22(18-14-20)28-31(9,10)24(4,5)6/h11-18H,1-10H3. The maximum Gasteiger partial charge on any atom is 0.250 e. The van der Waals surface area contributed by atoms with Crippen molar-refractivity contribution in [2.75, 3.05) is 0 Å². The monoisotopic (exact) mass is 462 g/mol. The molecule has 0 aliphatic heterocycles. The van der Waals surface area contributed by atoms with Crippen molar-refractivity contribution in [1.29, 1.82) is 0 Å². The molecular weight excluding hydrogens is 424 g/mol. The van der Waals surface area contributed by atoms with Gasteiger partial charge in [0.05, 0.1) is 0 Å². The average Bonchev–Trinajstić information content (AvgIpc) is 2.62. The van der Waals surface area contributed by atoms with Crippen LogP contribution in [0.5, 0.6) is 23.0 Å². The highest BCUT2D eigenvalue weighted by atomic mass is 28.4. The number of hydrogen-bond donors (Lipinski definition) is 0. The normalized spacial score (nSPS) is 13.0. The van der Waals surface area contributed by atoms with Gasteiger partial charge in [0.15, 0.2) is 11.5 Å². The van der Waals surface area contributed by atoms with Gasteiger partial charge in [0.25, 0.3) is 0 Å². The Balaban J connectivity index is 1.86. The lowest BCUT2D eigenvalue weighted by molar-refractivity contribution is -0.411. The third kappa shape index (κ3) is 7.02. The summed E-state index contributed by atoms with van der Waals surface area (Å²) in [6, 6.07) is 14.7. The summed E-state index contributed by atoms with van der Waals surface area (Å²) in [5.41, 5.74) is 0. The predicted molar refractivity (Wildman–Crippen MR) is 131 cm³/mol. The molecule has 0 atom stereocenters. The molecule has 31 heavy (non-hydrogen) atoms. The zero-order valence-electron chi connectivity index (χ0n) is 20.7. The van der Waals surface area contributed by atoms with Gasteiger partial charge < -0.3 is 8.85 Å². The summed E-state index contributed by atoms with van der Waals surface area (Å²) >= 11 is 0. The fraction of sp³-hybridized carbons (Fsp3) is 0.500. The van der Waals surface area contributed by atoms with Gasteiger partial charge >= 0.3 is 0 Å². The Kier molecular flexibility index (Phi) is 7.56. The first kappa shape index (κ1) is 25.3. The highest BCUT2D eigenvalue weighted by Crippen LogP contribution is 2.38. The van der Waals surface area contributed by atoms with Crippen LogP contribution in [0.15, 0.2) is 48.5 Å². The molecule has 0 N–H and O–H groups in total. The Morgan fingerprint density at radius 2 is 0.742 bits per heavy atom. The fourth-order valence-corrected chi connectivity index (χ4v) is 4.18. The molecule has 0 heterocycles. The van der Waals surface area contributed by atoms with Crippen LogP contribution in [0, 0.1) is 0 Å². The minimum atomic E-state index is -1.87. The largest absolute Gasteiger partial charge is 0.543 e. The van der Waals surface area contributed by atoms with Crippen LogP contribution < -0.4 is 18.6 Å². The molecule has 0 aliphatic rings. The molecule has 0 saturated carbocycles. The first-order valence-corrected chi connectivity index (χ1v) is 16.5. The van der Waals surface area contributed by atoms with Crippen molar-refractivity contribution in [2.45, 2.75) is 77.8 Å². The van der Waals surface area contributed by atoms with Crippen LogP contribution in [0.3, 0.4) is 0 Å². The quantitative estimate of drug-likeness (QED) is 0.228. The van der Waals surface area contributed by atoms with Crippen LogP contribution in [-0.2, 0) is 5.04 Å². The molecule has 0 radical (unpaired) electrons. The first-order chi connectivity index (χ1) is 14.1. The van der Waals surface area contributed by atoms with Crippen molar-refractivity contribution < 1.29 is 23.7 Å². The minimum absolute atomic E-state index is 0.143. The van der Waals surface area contributed by atoms with Gasteiger partial charge in [-0.2, -0.15) is 0 Å². The molecular formula is C24H38O5Si2. The molecule has 0 aliphatic carbocycles. The lowest BCUT2D eigenvalue weighted by atomic mass is 10.2. The molecule has 7 heteroatoms. The van der Waals surface area contributed by atoms with E-state index in [9.17, 15) is 0 Å². The number of rotatable bonds is 8. The average molecular weight is 463 g/mol. The third-order valence-electron chi connectivity index (χ3n) is 6.27. The van der Waals surface area contributed by atoms with Gasteiger partial charge in [-0.1, -0.05) is 41.5 Å². The van der Waals surface area contributed by atoms with Crippen LogP contribution in [0.4, 0.5) is 0 Å². The predicted octanol–water partition coefficient (Wildman–Crippen LogP) is 7.76. The van der Waals surface area contributed by atoms with Gasteiger partial charge in [0.1, 0.15) is 11.5 Å². The summed E-state index contributed by atoms with van der Waals surface area (Å²) in [6.07, 6.45) is 0. The van der Waals surface area contributed by atoms with Crippen molar-refractivity contribution in [1.82, 2.24) is 0 Å². The Hall–Kier alpha value is -1.97. The number of benzene rings is 2. The van der Waals surface area contributed by atoms with Crippen molar-refractivity contribution in [3.8, 4) is 23.0 Å². The summed E-state index contributed by atoms with van der Waals surface area (Å²) in [4.78, 5) is 10.5. The first-order valence-electron chi connectivity index (χ1n) is 10.7. The maximum absolute atomic E-state index is 6.26. The van der Waals surface area contributed by atoms with Crippen LogP contribution >= 0.6 is 0 Å². The second-order valence-corrected chi connectivity index (χ2v) is 20.4. The Bertz CT molecular complexity index is 761. The second-order valence-electron chi connectivity index (χ2n) is 10.9. The zero-order chi connectivity index (χ0) is 23.5. The summed E-state index contributed by atoms with van der Waals surface area (Å²) in [6.45, 7) is 22.2. The van der Waals surface area contributed by atoms with Gasteiger partial charge in [-0.15, -0.1) is 0 Å². The molecule has 0 unspecified atom stereocenters. The van der Waals surface area contributed by atoms with E-state index in [-0.39, 0.29) is 10.1 Å².